The van der Waals surface area contributed by atoms with Gasteiger partial charge in [-0.15, -0.1) is 11.3 Å². The van der Waals surface area contributed by atoms with Crippen molar-refractivity contribution < 1.29 is 4.79 Å². The fourth-order valence-electron chi connectivity index (χ4n) is 2.72. The molecule has 130 valence electrons. The Morgan fingerprint density at radius 3 is 2.69 bits per heavy atom. The van der Waals surface area contributed by atoms with E-state index in [1.165, 1.54) is 0 Å². The summed E-state index contributed by atoms with van der Waals surface area (Å²) in [6, 6.07) is 15.3. The second-order valence-electron chi connectivity index (χ2n) is 6.20. The quantitative estimate of drug-likeness (QED) is 0.586. The largest absolute Gasteiger partial charge is 0.378 e. The highest BCUT2D eigenvalue weighted by atomic mass is 32.1. The molecule has 0 spiro atoms. The second-order valence-corrected chi connectivity index (χ2v) is 7.07. The smallest absolute Gasteiger partial charge is 0.255 e. The summed E-state index contributed by atoms with van der Waals surface area (Å²) in [5, 5.41) is 4.95. The molecule has 1 N–H and O–H groups in total. The van der Waals surface area contributed by atoms with Gasteiger partial charge in [-0.05, 0) is 30.3 Å². The first kappa shape index (κ1) is 16.4. The third kappa shape index (κ3) is 3.19. The fraction of sp³-hybridized carbons (Fsp3) is 0.100. The molecular weight excluding hydrogens is 344 g/mol. The SMILES string of the molecule is CN(C)c1cccc(C(=O)Nc2ccc(-c3cn4ccsc4n3)cc2)c1. The van der Waals surface area contributed by atoms with Gasteiger partial charge in [-0.2, -0.15) is 0 Å². The van der Waals surface area contributed by atoms with Crippen molar-refractivity contribution in [2.24, 2.45) is 0 Å². The number of rotatable bonds is 4. The van der Waals surface area contributed by atoms with Crippen LogP contribution < -0.4 is 10.2 Å². The highest BCUT2D eigenvalue weighted by Gasteiger charge is 2.09. The van der Waals surface area contributed by atoms with Gasteiger partial charge in [0.25, 0.3) is 5.91 Å². The Morgan fingerprint density at radius 2 is 1.96 bits per heavy atom. The number of fused-ring (bicyclic) bond motifs is 1. The molecule has 4 rings (SSSR count). The summed E-state index contributed by atoms with van der Waals surface area (Å²) in [5.74, 6) is -0.121. The van der Waals surface area contributed by atoms with Gasteiger partial charge in [0.05, 0.1) is 5.69 Å². The molecule has 26 heavy (non-hydrogen) atoms. The summed E-state index contributed by atoms with van der Waals surface area (Å²) in [6.45, 7) is 0. The number of imidazole rings is 1. The topological polar surface area (TPSA) is 49.6 Å². The van der Waals surface area contributed by atoms with E-state index in [-0.39, 0.29) is 5.91 Å². The van der Waals surface area contributed by atoms with E-state index >= 15 is 0 Å². The molecule has 6 heteroatoms. The predicted molar refractivity (Wildman–Crippen MR) is 107 cm³/mol. The Balaban J connectivity index is 1.51. The molecule has 0 radical (unpaired) electrons. The Labute approximate surface area is 155 Å². The molecule has 0 aliphatic rings. The lowest BCUT2D eigenvalue weighted by Gasteiger charge is -2.13. The number of hydrogen-bond acceptors (Lipinski definition) is 4. The van der Waals surface area contributed by atoms with Gasteiger partial charge in [0, 0.05) is 54.4 Å². The Morgan fingerprint density at radius 1 is 1.15 bits per heavy atom. The van der Waals surface area contributed by atoms with Gasteiger partial charge in [0.15, 0.2) is 4.96 Å². The van der Waals surface area contributed by atoms with Gasteiger partial charge in [-0.25, -0.2) is 4.98 Å². The molecule has 0 aliphatic carbocycles. The Bertz CT molecular complexity index is 1030. The number of carbonyl (C=O) groups is 1. The number of nitrogens with one attached hydrogen (secondary N) is 1. The van der Waals surface area contributed by atoms with Crippen LogP contribution in [0.2, 0.25) is 0 Å². The van der Waals surface area contributed by atoms with E-state index in [0.29, 0.717) is 5.56 Å². The van der Waals surface area contributed by atoms with Crippen LogP contribution in [0.3, 0.4) is 0 Å². The van der Waals surface area contributed by atoms with Gasteiger partial charge >= 0.3 is 0 Å². The molecule has 2 aromatic carbocycles. The molecule has 1 amide bonds. The minimum Gasteiger partial charge on any atom is -0.378 e. The van der Waals surface area contributed by atoms with Crippen LogP contribution in [0.5, 0.6) is 0 Å². The first-order chi connectivity index (χ1) is 12.6. The van der Waals surface area contributed by atoms with E-state index in [1.807, 2.05) is 89.7 Å². The maximum Gasteiger partial charge on any atom is 0.255 e. The van der Waals surface area contributed by atoms with Crippen molar-refractivity contribution in [3.8, 4) is 11.3 Å². The molecule has 0 saturated heterocycles. The third-order valence-electron chi connectivity index (χ3n) is 4.16. The predicted octanol–water partition coefficient (Wildman–Crippen LogP) is 4.38. The molecule has 0 unspecified atom stereocenters. The van der Waals surface area contributed by atoms with Crippen LogP contribution in [0.15, 0.2) is 66.3 Å². The average Bonchev–Trinajstić information content (AvgIpc) is 3.24. The van der Waals surface area contributed by atoms with Crippen molar-refractivity contribution in [1.82, 2.24) is 9.38 Å². The maximum atomic E-state index is 12.5. The van der Waals surface area contributed by atoms with Gasteiger partial charge in [-0.3, -0.25) is 9.20 Å². The highest BCUT2D eigenvalue weighted by Crippen LogP contribution is 2.23. The van der Waals surface area contributed by atoms with Crippen LogP contribution in [0.1, 0.15) is 10.4 Å². The molecule has 0 saturated carbocycles. The van der Waals surface area contributed by atoms with Crippen LogP contribution in [0.25, 0.3) is 16.2 Å². The molecule has 0 fully saturated rings. The number of aromatic nitrogens is 2. The normalized spacial score (nSPS) is 10.8. The van der Waals surface area contributed by atoms with Crippen molar-refractivity contribution in [2.45, 2.75) is 0 Å². The number of amides is 1. The number of thiazole rings is 1. The molecule has 4 aromatic rings. The summed E-state index contributed by atoms with van der Waals surface area (Å²) in [4.78, 5) is 20.0. The van der Waals surface area contributed by atoms with E-state index in [2.05, 4.69) is 10.3 Å². The average molecular weight is 362 g/mol. The van der Waals surface area contributed by atoms with E-state index in [4.69, 9.17) is 0 Å². The molecule has 5 nitrogen and oxygen atoms in total. The van der Waals surface area contributed by atoms with Gasteiger partial charge in [0.2, 0.25) is 0 Å². The van der Waals surface area contributed by atoms with Crippen LogP contribution in [-0.4, -0.2) is 29.4 Å². The lowest BCUT2D eigenvalue weighted by atomic mass is 10.1. The second kappa shape index (κ2) is 6.65. The van der Waals surface area contributed by atoms with Crippen molar-refractivity contribution in [2.75, 3.05) is 24.3 Å². The first-order valence-corrected chi connectivity index (χ1v) is 9.09. The minimum atomic E-state index is -0.121. The van der Waals surface area contributed by atoms with E-state index in [9.17, 15) is 4.79 Å². The zero-order valence-electron chi connectivity index (χ0n) is 14.5. The van der Waals surface area contributed by atoms with E-state index in [0.717, 1.165) is 27.6 Å². The van der Waals surface area contributed by atoms with Crippen molar-refractivity contribution >= 4 is 33.6 Å². The molecule has 2 aromatic heterocycles. The monoisotopic (exact) mass is 362 g/mol. The van der Waals surface area contributed by atoms with Crippen LogP contribution in [-0.2, 0) is 0 Å². The lowest BCUT2D eigenvalue weighted by molar-refractivity contribution is 0.102. The summed E-state index contributed by atoms with van der Waals surface area (Å²) >= 11 is 1.61. The van der Waals surface area contributed by atoms with Crippen molar-refractivity contribution in [3.05, 3.63) is 71.9 Å². The van der Waals surface area contributed by atoms with E-state index < -0.39 is 0 Å². The van der Waals surface area contributed by atoms with E-state index in [1.54, 1.807) is 11.3 Å². The Kier molecular flexibility index (Phi) is 4.18. The lowest BCUT2D eigenvalue weighted by Crippen LogP contribution is -2.14. The first-order valence-electron chi connectivity index (χ1n) is 8.21. The van der Waals surface area contributed by atoms with Crippen molar-refractivity contribution in [1.29, 1.82) is 0 Å². The van der Waals surface area contributed by atoms with Crippen molar-refractivity contribution in [3.63, 3.8) is 0 Å². The number of benzene rings is 2. The number of nitrogens with zero attached hydrogens (tertiary/aromatic N) is 3. The summed E-state index contributed by atoms with van der Waals surface area (Å²) < 4.78 is 2.01. The van der Waals surface area contributed by atoms with Crippen LogP contribution in [0, 0.1) is 0 Å². The minimum absolute atomic E-state index is 0.121. The number of anilines is 2. The highest BCUT2D eigenvalue weighted by molar-refractivity contribution is 7.15. The van der Waals surface area contributed by atoms with Gasteiger partial charge < -0.3 is 10.2 Å². The number of hydrogen-bond donors (Lipinski definition) is 1. The maximum absolute atomic E-state index is 12.5. The summed E-state index contributed by atoms with van der Waals surface area (Å²) in [6.07, 6.45) is 4.00. The summed E-state index contributed by atoms with van der Waals surface area (Å²) in [7, 11) is 3.91. The van der Waals surface area contributed by atoms with Crippen LogP contribution >= 0.6 is 11.3 Å². The third-order valence-corrected chi connectivity index (χ3v) is 4.93. The van der Waals surface area contributed by atoms with Gasteiger partial charge in [0.1, 0.15) is 0 Å². The molecule has 2 heterocycles. The Hall–Kier alpha value is -3.12. The zero-order chi connectivity index (χ0) is 18.1. The standard InChI is InChI=1S/C20H18N4OS/c1-23(2)17-5-3-4-15(12-17)19(25)21-16-8-6-14(7-9-16)18-13-24-10-11-26-20(24)22-18/h3-13H,1-2H3,(H,21,25). The summed E-state index contributed by atoms with van der Waals surface area (Å²) in [5.41, 5.74) is 4.33. The number of carbonyl (C=O) groups excluding carboxylic acids is 1. The molecular formula is C20H18N4OS. The zero-order valence-corrected chi connectivity index (χ0v) is 15.3. The molecule has 0 atom stereocenters. The van der Waals surface area contributed by atoms with Gasteiger partial charge in [-0.1, -0.05) is 18.2 Å². The molecule has 0 aliphatic heterocycles. The molecule has 0 bridgehead atoms. The fourth-order valence-corrected chi connectivity index (χ4v) is 3.42. The van der Waals surface area contributed by atoms with Crippen LogP contribution in [0.4, 0.5) is 11.4 Å².